The second-order valence-corrected chi connectivity index (χ2v) is 9.65. The summed E-state index contributed by atoms with van der Waals surface area (Å²) in [6, 6.07) is 6.66. The van der Waals surface area contributed by atoms with Crippen molar-refractivity contribution in [2.45, 2.75) is 34.1 Å². The molecule has 2 aliphatic rings. The number of nitrogens with one attached hydrogen (secondary N) is 2. The first-order chi connectivity index (χ1) is 17.8. The third-order valence-electron chi connectivity index (χ3n) is 7.53. The number of aryl methyl sites for hydroxylation is 1. The van der Waals surface area contributed by atoms with Gasteiger partial charge in [-0.2, -0.15) is 0 Å². The highest BCUT2D eigenvalue weighted by atomic mass is 19.1. The lowest BCUT2D eigenvalue weighted by atomic mass is 9.99. The monoisotopic (exact) mass is 501 g/mol. The SMILES string of the molecule is CCN(CC)CCN1CCc2[nH]c(/C=C3\C(=O)Nc4cnc(-c5c(C)cccc5F)cc43)c(C)c2C1=O. The predicted octanol–water partition coefficient (Wildman–Crippen LogP) is 4.67. The van der Waals surface area contributed by atoms with Crippen molar-refractivity contribution in [1.29, 1.82) is 0 Å². The van der Waals surface area contributed by atoms with Crippen LogP contribution in [0.3, 0.4) is 0 Å². The lowest BCUT2D eigenvalue weighted by Crippen LogP contribution is -2.42. The summed E-state index contributed by atoms with van der Waals surface area (Å²) in [5, 5.41) is 2.85. The van der Waals surface area contributed by atoms with Crippen molar-refractivity contribution in [2.24, 2.45) is 0 Å². The van der Waals surface area contributed by atoms with Crippen LogP contribution in [0.4, 0.5) is 10.1 Å². The molecule has 0 atom stereocenters. The van der Waals surface area contributed by atoms with Crippen molar-refractivity contribution in [1.82, 2.24) is 19.8 Å². The quantitative estimate of drug-likeness (QED) is 0.461. The van der Waals surface area contributed by atoms with Gasteiger partial charge in [-0.1, -0.05) is 26.0 Å². The molecule has 0 spiro atoms. The molecule has 0 fully saturated rings. The summed E-state index contributed by atoms with van der Waals surface area (Å²) in [7, 11) is 0. The van der Waals surface area contributed by atoms with E-state index >= 15 is 0 Å². The molecule has 0 unspecified atom stereocenters. The van der Waals surface area contributed by atoms with Crippen LogP contribution in [-0.4, -0.2) is 64.3 Å². The molecular weight excluding hydrogens is 469 g/mol. The van der Waals surface area contributed by atoms with Gasteiger partial charge in [-0.3, -0.25) is 14.6 Å². The van der Waals surface area contributed by atoms with Crippen molar-refractivity contribution < 1.29 is 14.0 Å². The number of anilines is 1. The first kappa shape index (κ1) is 24.9. The fourth-order valence-electron chi connectivity index (χ4n) is 5.29. The molecule has 3 aromatic rings. The van der Waals surface area contributed by atoms with Crippen LogP contribution in [0.25, 0.3) is 22.9 Å². The Morgan fingerprint density at radius 1 is 1.16 bits per heavy atom. The Labute approximate surface area is 216 Å². The van der Waals surface area contributed by atoms with E-state index in [9.17, 15) is 14.0 Å². The number of pyridine rings is 1. The van der Waals surface area contributed by atoms with E-state index in [1.165, 1.54) is 6.07 Å². The van der Waals surface area contributed by atoms with E-state index in [1.807, 2.05) is 24.8 Å². The Morgan fingerprint density at radius 3 is 2.68 bits per heavy atom. The smallest absolute Gasteiger partial charge is 0.256 e. The van der Waals surface area contributed by atoms with E-state index in [1.54, 1.807) is 24.4 Å². The Bertz CT molecular complexity index is 1400. The number of hydrogen-bond acceptors (Lipinski definition) is 4. The highest BCUT2D eigenvalue weighted by Gasteiger charge is 2.31. The summed E-state index contributed by atoms with van der Waals surface area (Å²) in [5.74, 6) is -0.574. The van der Waals surface area contributed by atoms with Gasteiger partial charge in [0.25, 0.3) is 11.8 Å². The van der Waals surface area contributed by atoms with Crippen LogP contribution >= 0.6 is 0 Å². The van der Waals surface area contributed by atoms with E-state index in [4.69, 9.17) is 0 Å². The number of carbonyl (C=O) groups excluding carboxylic acids is 2. The van der Waals surface area contributed by atoms with Crippen molar-refractivity contribution in [3.05, 3.63) is 69.9 Å². The summed E-state index contributed by atoms with van der Waals surface area (Å²) in [5.41, 5.74) is 6.55. The fraction of sp³-hybridized carbons (Fsp3) is 0.345. The molecule has 0 aliphatic carbocycles. The number of H-pyrrole nitrogens is 1. The van der Waals surface area contributed by atoms with Crippen LogP contribution in [0, 0.1) is 19.7 Å². The Kier molecular flexibility index (Phi) is 6.69. The third-order valence-corrected chi connectivity index (χ3v) is 7.53. The maximum Gasteiger partial charge on any atom is 0.256 e. The number of aromatic nitrogens is 2. The number of carbonyl (C=O) groups is 2. The summed E-state index contributed by atoms with van der Waals surface area (Å²) in [4.78, 5) is 38.3. The number of nitrogens with zero attached hydrogens (tertiary/aromatic N) is 3. The van der Waals surface area contributed by atoms with Crippen LogP contribution in [-0.2, 0) is 11.2 Å². The highest BCUT2D eigenvalue weighted by Crippen LogP contribution is 2.37. The summed E-state index contributed by atoms with van der Waals surface area (Å²) in [6.45, 7) is 12.1. The van der Waals surface area contributed by atoms with E-state index in [-0.39, 0.29) is 17.6 Å². The fourth-order valence-corrected chi connectivity index (χ4v) is 5.29. The number of fused-ring (bicyclic) bond motifs is 2. The molecule has 2 N–H and O–H groups in total. The van der Waals surface area contributed by atoms with E-state index in [2.05, 4.69) is 34.0 Å². The van der Waals surface area contributed by atoms with Gasteiger partial charge in [0.2, 0.25) is 0 Å². The number of likely N-dealkylation sites (N-methyl/N-ethyl adjacent to an activating group) is 1. The molecule has 2 aromatic heterocycles. The topological polar surface area (TPSA) is 81.3 Å². The molecule has 7 nitrogen and oxygen atoms in total. The summed E-state index contributed by atoms with van der Waals surface area (Å²) >= 11 is 0. The zero-order valence-electron chi connectivity index (χ0n) is 21.7. The van der Waals surface area contributed by atoms with Gasteiger partial charge in [0.15, 0.2) is 0 Å². The minimum atomic E-state index is -0.354. The Balaban J connectivity index is 1.48. The first-order valence-electron chi connectivity index (χ1n) is 12.8. The van der Waals surface area contributed by atoms with Gasteiger partial charge in [0.05, 0.1) is 28.7 Å². The van der Waals surface area contributed by atoms with Gasteiger partial charge in [0.1, 0.15) is 5.82 Å². The summed E-state index contributed by atoms with van der Waals surface area (Å²) < 4.78 is 14.6. The molecule has 192 valence electrons. The number of amides is 2. The van der Waals surface area contributed by atoms with Gasteiger partial charge in [-0.05, 0) is 56.3 Å². The zero-order chi connectivity index (χ0) is 26.3. The Hall–Kier alpha value is -3.78. The minimum Gasteiger partial charge on any atom is -0.358 e. The molecule has 2 aliphatic heterocycles. The second kappa shape index (κ2) is 9.94. The molecule has 4 heterocycles. The van der Waals surface area contributed by atoms with Crippen LogP contribution in [0.5, 0.6) is 0 Å². The van der Waals surface area contributed by atoms with Crippen LogP contribution in [0.15, 0.2) is 30.5 Å². The summed E-state index contributed by atoms with van der Waals surface area (Å²) in [6.07, 6.45) is 4.10. The molecule has 8 heteroatoms. The van der Waals surface area contributed by atoms with Crippen LogP contribution < -0.4 is 5.32 Å². The van der Waals surface area contributed by atoms with Crippen LogP contribution in [0.2, 0.25) is 0 Å². The van der Waals surface area contributed by atoms with E-state index in [0.717, 1.165) is 48.6 Å². The maximum absolute atomic E-state index is 14.6. The number of aromatic amines is 1. The second-order valence-electron chi connectivity index (χ2n) is 9.65. The molecule has 0 saturated heterocycles. The maximum atomic E-state index is 14.6. The lowest BCUT2D eigenvalue weighted by Gasteiger charge is -2.29. The van der Waals surface area contributed by atoms with Gasteiger partial charge in [0, 0.05) is 48.6 Å². The lowest BCUT2D eigenvalue weighted by molar-refractivity contribution is -0.110. The van der Waals surface area contributed by atoms with Crippen molar-refractivity contribution in [3.8, 4) is 11.3 Å². The Morgan fingerprint density at radius 2 is 1.95 bits per heavy atom. The number of benzene rings is 1. The molecular formula is C29H32FN5O2. The van der Waals surface area contributed by atoms with Gasteiger partial charge in [-0.25, -0.2) is 4.39 Å². The largest absolute Gasteiger partial charge is 0.358 e. The van der Waals surface area contributed by atoms with E-state index < -0.39 is 0 Å². The number of rotatable bonds is 7. The minimum absolute atomic E-state index is 0.0320. The molecule has 2 amide bonds. The predicted molar refractivity (Wildman–Crippen MR) is 144 cm³/mol. The normalized spacial score (nSPS) is 15.9. The van der Waals surface area contributed by atoms with Gasteiger partial charge >= 0.3 is 0 Å². The molecule has 5 rings (SSSR count). The van der Waals surface area contributed by atoms with Gasteiger partial charge in [-0.15, -0.1) is 0 Å². The number of hydrogen-bond donors (Lipinski definition) is 2. The first-order valence-corrected chi connectivity index (χ1v) is 12.8. The van der Waals surface area contributed by atoms with Crippen molar-refractivity contribution in [2.75, 3.05) is 38.0 Å². The molecule has 0 radical (unpaired) electrons. The highest BCUT2D eigenvalue weighted by molar-refractivity contribution is 6.35. The molecule has 37 heavy (non-hydrogen) atoms. The van der Waals surface area contributed by atoms with Crippen LogP contribution in [0.1, 0.15) is 52.3 Å². The average Bonchev–Trinajstić information content (AvgIpc) is 3.37. The van der Waals surface area contributed by atoms with Crippen molar-refractivity contribution >= 4 is 29.2 Å². The third kappa shape index (κ3) is 4.46. The number of halogens is 1. The molecule has 0 bridgehead atoms. The standard InChI is InChI=1S/C29H32FN5O2/c1-5-34(6-2)12-13-35-11-10-22-27(29(35)37)18(4)23(32-22)15-20-19-14-24(31-16-25(19)33-28(20)36)26-17(3)8-7-9-21(26)30/h7-9,14-16,32H,5-6,10-13H2,1-4H3,(H,33,36)/b20-15-. The molecule has 0 saturated carbocycles. The molecule has 1 aromatic carbocycles. The zero-order valence-corrected chi connectivity index (χ0v) is 21.7. The van der Waals surface area contributed by atoms with Gasteiger partial charge < -0.3 is 20.1 Å². The van der Waals surface area contributed by atoms with Crippen molar-refractivity contribution in [3.63, 3.8) is 0 Å². The average molecular weight is 502 g/mol. The van der Waals surface area contributed by atoms with E-state index in [0.29, 0.717) is 46.7 Å².